The third-order valence-electron chi connectivity index (χ3n) is 1.94. The topological polar surface area (TPSA) is 56.0 Å². The monoisotopic (exact) mass is 242 g/mol. The number of aromatic nitrogens is 1. The molecule has 0 radical (unpaired) electrons. The Balaban J connectivity index is 2.88. The normalized spacial score (nSPS) is 10.5. The van der Waals surface area contributed by atoms with Crippen LogP contribution >= 0.6 is 23.2 Å². The molecule has 1 heterocycles. The number of pyridine rings is 1. The number of hydrogen-bond acceptors (Lipinski definition) is 3. The minimum Gasteiger partial charge on any atom is -0.258 e. The maximum absolute atomic E-state index is 10.8. The van der Waals surface area contributed by atoms with Gasteiger partial charge in [0.2, 0.25) is 0 Å². The molecule has 0 saturated heterocycles. The summed E-state index contributed by atoms with van der Waals surface area (Å²) in [5.74, 6) is 0. The molecule has 0 bridgehead atoms. The largest absolute Gasteiger partial charge is 0.297 e. The molecule has 0 aliphatic heterocycles. The first-order valence-electron chi connectivity index (χ1n) is 3.99. The average molecular weight is 243 g/mol. The molecule has 15 heavy (non-hydrogen) atoms. The highest BCUT2D eigenvalue weighted by Crippen LogP contribution is 2.32. The maximum Gasteiger partial charge on any atom is 0.297 e. The molecule has 1 aromatic carbocycles. The lowest BCUT2D eigenvalue weighted by Gasteiger charge is -2.00. The molecule has 76 valence electrons. The lowest BCUT2D eigenvalue weighted by molar-refractivity contribution is -0.382. The Bertz CT molecular complexity index is 557. The standard InChI is InChI=1S/C9H4Cl2N2O2/c10-6-2-3-7-5(9(6)13(14)15)1-4-8(11)12-7/h1-4H. The number of nitro groups is 1. The van der Waals surface area contributed by atoms with Crippen LogP contribution in [0, 0.1) is 10.1 Å². The van der Waals surface area contributed by atoms with Crippen molar-refractivity contribution >= 4 is 39.8 Å². The van der Waals surface area contributed by atoms with Crippen molar-refractivity contribution in [3.63, 3.8) is 0 Å². The molecular formula is C9H4Cl2N2O2. The molecule has 0 atom stereocenters. The average Bonchev–Trinajstić information content (AvgIpc) is 2.17. The van der Waals surface area contributed by atoms with Crippen LogP contribution in [0.4, 0.5) is 5.69 Å². The SMILES string of the molecule is O=[N+]([O-])c1c(Cl)ccc2nc(Cl)ccc12. The number of nitrogens with zero attached hydrogens (tertiary/aromatic N) is 2. The molecule has 0 spiro atoms. The van der Waals surface area contributed by atoms with E-state index in [2.05, 4.69) is 4.98 Å². The van der Waals surface area contributed by atoms with E-state index in [1.807, 2.05) is 0 Å². The van der Waals surface area contributed by atoms with Crippen LogP contribution in [0.15, 0.2) is 24.3 Å². The van der Waals surface area contributed by atoms with Gasteiger partial charge in [-0.1, -0.05) is 23.2 Å². The van der Waals surface area contributed by atoms with E-state index in [1.165, 1.54) is 18.2 Å². The van der Waals surface area contributed by atoms with Gasteiger partial charge in [0.05, 0.1) is 15.8 Å². The number of nitro benzene ring substituents is 1. The van der Waals surface area contributed by atoms with Gasteiger partial charge in [0.15, 0.2) is 0 Å². The first kappa shape index (κ1) is 10.1. The molecule has 0 saturated carbocycles. The van der Waals surface area contributed by atoms with Gasteiger partial charge in [-0.15, -0.1) is 0 Å². The van der Waals surface area contributed by atoms with Crippen LogP contribution in [0.25, 0.3) is 10.9 Å². The highest BCUT2D eigenvalue weighted by Gasteiger charge is 2.17. The van der Waals surface area contributed by atoms with Crippen molar-refractivity contribution in [2.24, 2.45) is 0 Å². The minimum atomic E-state index is -0.528. The molecular weight excluding hydrogens is 239 g/mol. The number of benzene rings is 1. The summed E-state index contributed by atoms with van der Waals surface area (Å²) in [6, 6.07) is 6.06. The quantitative estimate of drug-likeness (QED) is 0.437. The van der Waals surface area contributed by atoms with Crippen LogP contribution in [0.1, 0.15) is 0 Å². The van der Waals surface area contributed by atoms with Gasteiger partial charge in [-0.25, -0.2) is 4.98 Å². The summed E-state index contributed by atoms with van der Waals surface area (Å²) in [6.07, 6.45) is 0. The zero-order chi connectivity index (χ0) is 11.0. The maximum atomic E-state index is 10.8. The smallest absolute Gasteiger partial charge is 0.258 e. The van der Waals surface area contributed by atoms with E-state index >= 15 is 0 Å². The number of fused-ring (bicyclic) bond motifs is 1. The fourth-order valence-corrected chi connectivity index (χ4v) is 1.71. The van der Waals surface area contributed by atoms with Gasteiger partial charge < -0.3 is 0 Å². The van der Waals surface area contributed by atoms with Gasteiger partial charge in [0.25, 0.3) is 5.69 Å². The van der Waals surface area contributed by atoms with Crippen LogP contribution in [-0.4, -0.2) is 9.91 Å². The summed E-state index contributed by atoms with van der Waals surface area (Å²) in [6.45, 7) is 0. The molecule has 0 aliphatic carbocycles. The zero-order valence-corrected chi connectivity index (χ0v) is 8.79. The summed E-state index contributed by atoms with van der Waals surface area (Å²) in [4.78, 5) is 14.2. The second-order valence-electron chi connectivity index (χ2n) is 2.85. The van der Waals surface area contributed by atoms with E-state index in [0.29, 0.717) is 16.1 Å². The van der Waals surface area contributed by atoms with Gasteiger partial charge in [-0.2, -0.15) is 0 Å². The molecule has 0 fully saturated rings. The van der Waals surface area contributed by atoms with E-state index in [4.69, 9.17) is 23.2 Å². The highest BCUT2D eigenvalue weighted by atomic mass is 35.5. The Hall–Kier alpha value is -1.39. The van der Waals surface area contributed by atoms with E-state index in [-0.39, 0.29) is 10.7 Å². The molecule has 4 nitrogen and oxygen atoms in total. The summed E-state index contributed by atoms with van der Waals surface area (Å²) in [7, 11) is 0. The predicted octanol–water partition coefficient (Wildman–Crippen LogP) is 3.45. The van der Waals surface area contributed by atoms with Crippen molar-refractivity contribution in [1.82, 2.24) is 4.98 Å². The molecule has 0 unspecified atom stereocenters. The van der Waals surface area contributed by atoms with E-state index in [9.17, 15) is 10.1 Å². The molecule has 2 aromatic rings. The summed E-state index contributed by atoms with van der Waals surface area (Å²) in [5, 5.41) is 11.6. The van der Waals surface area contributed by atoms with Crippen molar-refractivity contribution < 1.29 is 4.92 Å². The van der Waals surface area contributed by atoms with Crippen LogP contribution in [0.5, 0.6) is 0 Å². The third-order valence-corrected chi connectivity index (χ3v) is 2.46. The molecule has 0 aliphatic rings. The van der Waals surface area contributed by atoms with Gasteiger partial charge in [-0.3, -0.25) is 10.1 Å². The molecule has 2 rings (SSSR count). The van der Waals surface area contributed by atoms with Crippen LogP contribution < -0.4 is 0 Å². The van der Waals surface area contributed by atoms with Gasteiger partial charge in [-0.05, 0) is 24.3 Å². The van der Waals surface area contributed by atoms with Crippen molar-refractivity contribution in [3.05, 3.63) is 44.6 Å². The lowest BCUT2D eigenvalue weighted by atomic mass is 10.2. The summed E-state index contributed by atoms with van der Waals surface area (Å²) < 4.78 is 0. The van der Waals surface area contributed by atoms with Crippen molar-refractivity contribution in [1.29, 1.82) is 0 Å². The lowest BCUT2D eigenvalue weighted by Crippen LogP contribution is -1.92. The van der Waals surface area contributed by atoms with Crippen LogP contribution in [0.2, 0.25) is 10.2 Å². The first-order chi connectivity index (χ1) is 7.09. The highest BCUT2D eigenvalue weighted by molar-refractivity contribution is 6.34. The van der Waals surface area contributed by atoms with Gasteiger partial charge in [0.1, 0.15) is 10.2 Å². The molecule has 6 heteroatoms. The van der Waals surface area contributed by atoms with E-state index in [0.717, 1.165) is 0 Å². The zero-order valence-electron chi connectivity index (χ0n) is 7.28. The summed E-state index contributed by atoms with van der Waals surface area (Å²) >= 11 is 11.4. The van der Waals surface area contributed by atoms with Gasteiger partial charge in [0, 0.05) is 0 Å². The molecule has 0 N–H and O–H groups in total. The van der Waals surface area contributed by atoms with E-state index in [1.54, 1.807) is 6.07 Å². The Labute approximate surface area is 94.6 Å². The Morgan fingerprint density at radius 2 is 1.93 bits per heavy atom. The van der Waals surface area contributed by atoms with Gasteiger partial charge >= 0.3 is 0 Å². The van der Waals surface area contributed by atoms with Crippen molar-refractivity contribution in [3.8, 4) is 0 Å². The Kier molecular flexibility index (Phi) is 2.46. The second kappa shape index (κ2) is 3.64. The Morgan fingerprint density at radius 1 is 1.20 bits per heavy atom. The van der Waals surface area contributed by atoms with Crippen LogP contribution in [0.3, 0.4) is 0 Å². The molecule has 1 aromatic heterocycles. The van der Waals surface area contributed by atoms with Crippen molar-refractivity contribution in [2.75, 3.05) is 0 Å². The van der Waals surface area contributed by atoms with E-state index < -0.39 is 4.92 Å². The number of halogens is 2. The minimum absolute atomic E-state index is 0.0941. The number of hydrogen-bond donors (Lipinski definition) is 0. The van der Waals surface area contributed by atoms with Crippen LogP contribution in [-0.2, 0) is 0 Å². The second-order valence-corrected chi connectivity index (χ2v) is 3.65. The first-order valence-corrected chi connectivity index (χ1v) is 4.74. The Morgan fingerprint density at radius 3 is 2.60 bits per heavy atom. The molecule has 0 amide bonds. The third kappa shape index (κ3) is 1.73. The predicted molar refractivity (Wildman–Crippen MR) is 58.4 cm³/mol. The van der Waals surface area contributed by atoms with Crippen molar-refractivity contribution in [2.45, 2.75) is 0 Å². The summed E-state index contributed by atoms with van der Waals surface area (Å²) in [5.41, 5.74) is 0.317. The number of rotatable bonds is 1. The fraction of sp³-hybridized carbons (Fsp3) is 0. The fourth-order valence-electron chi connectivity index (χ4n) is 1.32.